The molecule has 0 spiro atoms. The van der Waals surface area contributed by atoms with E-state index in [0.717, 1.165) is 39.2 Å². The van der Waals surface area contributed by atoms with Crippen LogP contribution in [-0.2, 0) is 9.53 Å². The topological polar surface area (TPSA) is 86.1 Å². The summed E-state index contributed by atoms with van der Waals surface area (Å²) in [6.07, 6.45) is -0.988. The van der Waals surface area contributed by atoms with Crippen molar-refractivity contribution < 1.29 is 14.3 Å². The predicted octanol–water partition coefficient (Wildman–Crippen LogP) is 4.30. The zero-order valence-corrected chi connectivity index (χ0v) is 19.0. The number of carbonyl (C=O) groups is 2. The molecule has 0 aliphatic carbocycles. The standard InChI is InChI=1S/C24H28N4O3/c1-13-8-9-20(15(3)10-13)28-26-18(6)22(27-28)24(30)31-19(7)23(29)25-21-16(4)11-14(2)12-17(21)5/h8-12,19H,1-7H3,(H,25,29)/t19-/m1/s1. The number of benzene rings is 2. The molecule has 0 saturated heterocycles. The van der Waals surface area contributed by atoms with Crippen LogP contribution in [-0.4, -0.2) is 33.0 Å². The number of nitrogens with zero attached hydrogens (tertiary/aromatic N) is 3. The van der Waals surface area contributed by atoms with E-state index in [4.69, 9.17) is 4.74 Å². The number of anilines is 1. The summed E-state index contributed by atoms with van der Waals surface area (Å²) < 4.78 is 5.39. The van der Waals surface area contributed by atoms with Gasteiger partial charge in [-0.15, -0.1) is 5.10 Å². The maximum Gasteiger partial charge on any atom is 0.361 e. The van der Waals surface area contributed by atoms with E-state index in [9.17, 15) is 9.59 Å². The van der Waals surface area contributed by atoms with E-state index in [0.29, 0.717) is 5.69 Å². The molecule has 7 nitrogen and oxygen atoms in total. The van der Waals surface area contributed by atoms with Crippen LogP contribution in [0.2, 0.25) is 0 Å². The maximum atomic E-state index is 12.7. The molecular formula is C24H28N4O3. The van der Waals surface area contributed by atoms with E-state index in [1.54, 1.807) is 6.92 Å². The minimum atomic E-state index is -0.988. The van der Waals surface area contributed by atoms with Crippen molar-refractivity contribution in [2.24, 2.45) is 0 Å². The van der Waals surface area contributed by atoms with Crippen molar-refractivity contribution in [1.82, 2.24) is 15.0 Å². The Morgan fingerprint density at radius 1 is 0.903 bits per heavy atom. The van der Waals surface area contributed by atoms with Crippen LogP contribution in [0.5, 0.6) is 0 Å². The SMILES string of the molecule is Cc1ccc(-n2nc(C)c(C(=O)O[C@H](C)C(=O)Nc3c(C)cc(C)cc3C)n2)c(C)c1. The quantitative estimate of drug-likeness (QED) is 0.622. The summed E-state index contributed by atoms with van der Waals surface area (Å²) >= 11 is 0. The van der Waals surface area contributed by atoms with E-state index in [2.05, 4.69) is 15.5 Å². The summed E-state index contributed by atoms with van der Waals surface area (Å²) in [6.45, 7) is 13.1. The van der Waals surface area contributed by atoms with Gasteiger partial charge >= 0.3 is 5.97 Å². The smallest absolute Gasteiger partial charge is 0.361 e. The number of carbonyl (C=O) groups excluding carboxylic acids is 2. The van der Waals surface area contributed by atoms with Gasteiger partial charge in [0.1, 0.15) is 0 Å². The number of nitrogens with one attached hydrogen (secondary N) is 1. The van der Waals surface area contributed by atoms with E-state index in [-0.39, 0.29) is 5.69 Å². The minimum Gasteiger partial charge on any atom is -0.448 e. The van der Waals surface area contributed by atoms with Gasteiger partial charge in [-0.25, -0.2) is 4.79 Å². The van der Waals surface area contributed by atoms with Gasteiger partial charge in [-0.3, -0.25) is 4.79 Å². The number of esters is 1. The molecule has 3 rings (SSSR count). The van der Waals surface area contributed by atoms with Gasteiger partial charge in [0, 0.05) is 5.69 Å². The average molecular weight is 421 g/mol. The van der Waals surface area contributed by atoms with Crippen molar-refractivity contribution in [3.63, 3.8) is 0 Å². The number of hydrogen-bond acceptors (Lipinski definition) is 5. The zero-order valence-electron chi connectivity index (χ0n) is 19.0. The summed E-state index contributed by atoms with van der Waals surface area (Å²) in [5.41, 5.74) is 7.18. The summed E-state index contributed by atoms with van der Waals surface area (Å²) in [5, 5.41) is 11.5. The number of rotatable bonds is 5. The highest BCUT2D eigenvalue weighted by Crippen LogP contribution is 2.22. The fourth-order valence-corrected chi connectivity index (χ4v) is 3.58. The first kappa shape index (κ1) is 22.2. The van der Waals surface area contributed by atoms with Crippen LogP contribution in [0.25, 0.3) is 5.69 Å². The molecule has 0 radical (unpaired) electrons. The first-order chi connectivity index (χ1) is 14.6. The van der Waals surface area contributed by atoms with Crippen LogP contribution in [0, 0.1) is 41.5 Å². The van der Waals surface area contributed by atoms with Crippen LogP contribution >= 0.6 is 0 Å². The molecular weight excluding hydrogens is 392 g/mol. The normalized spacial score (nSPS) is 11.8. The second-order valence-corrected chi connectivity index (χ2v) is 8.02. The van der Waals surface area contributed by atoms with Crippen molar-refractivity contribution in [3.8, 4) is 5.69 Å². The number of aromatic nitrogens is 3. The van der Waals surface area contributed by atoms with E-state index in [1.165, 1.54) is 11.7 Å². The highest BCUT2D eigenvalue weighted by atomic mass is 16.5. The van der Waals surface area contributed by atoms with Crippen molar-refractivity contribution in [3.05, 3.63) is 69.5 Å². The Labute approximate surface area is 182 Å². The highest BCUT2D eigenvalue weighted by molar-refractivity contribution is 5.98. The Bertz CT molecular complexity index is 1140. The fraction of sp³-hybridized carbons (Fsp3) is 0.333. The van der Waals surface area contributed by atoms with Gasteiger partial charge < -0.3 is 10.1 Å². The second kappa shape index (κ2) is 8.71. The third kappa shape index (κ3) is 4.82. The molecule has 0 aliphatic rings. The molecule has 2 aromatic carbocycles. The predicted molar refractivity (Wildman–Crippen MR) is 120 cm³/mol. The molecule has 0 unspecified atom stereocenters. The maximum absolute atomic E-state index is 12.7. The Morgan fingerprint density at radius 2 is 1.52 bits per heavy atom. The summed E-state index contributed by atoms with van der Waals surface area (Å²) in [5.74, 6) is -1.09. The molecule has 1 aromatic heterocycles. The third-order valence-electron chi connectivity index (χ3n) is 5.12. The number of amides is 1. The van der Waals surface area contributed by atoms with Gasteiger partial charge in [0.2, 0.25) is 0 Å². The lowest BCUT2D eigenvalue weighted by molar-refractivity contribution is -0.123. The lowest BCUT2D eigenvalue weighted by atomic mass is 10.0. The van der Waals surface area contributed by atoms with Gasteiger partial charge in [-0.05, 0) is 71.2 Å². The van der Waals surface area contributed by atoms with Gasteiger partial charge in [-0.1, -0.05) is 35.4 Å². The van der Waals surface area contributed by atoms with Gasteiger partial charge in [0.15, 0.2) is 11.8 Å². The average Bonchev–Trinajstić information content (AvgIpc) is 3.05. The lowest BCUT2D eigenvalue weighted by Gasteiger charge is -2.16. The van der Waals surface area contributed by atoms with Gasteiger partial charge in [0.25, 0.3) is 5.91 Å². The summed E-state index contributed by atoms with van der Waals surface area (Å²) in [4.78, 5) is 26.7. The molecule has 0 fully saturated rings. The monoisotopic (exact) mass is 420 g/mol. The molecule has 31 heavy (non-hydrogen) atoms. The zero-order chi connectivity index (χ0) is 22.9. The molecule has 7 heteroatoms. The van der Waals surface area contributed by atoms with E-state index in [1.807, 2.05) is 65.0 Å². The Kier molecular flexibility index (Phi) is 6.24. The first-order valence-electron chi connectivity index (χ1n) is 10.2. The Hall–Kier alpha value is -3.48. The molecule has 1 amide bonds. The molecule has 0 saturated carbocycles. The molecule has 1 N–H and O–H groups in total. The Balaban J connectivity index is 1.74. The van der Waals surface area contributed by atoms with Gasteiger partial charge in [-0.2, -0.15) is 9.90 Å². The van der Waals surface area contributed by atoms with Crippen LogP contribution in [0.1, 0.15) is 50.9 Å². The third-order valence-corrected chi connectivity index (χ3v) is 5.12. The number of ether oxygens (including phenoxy) is 1. The second-order valence-electron chi connectivity index (χ2n) is 8.02. The van der Waals surface area contributed by atoms with Gasteiger partial charge in [0.05, 0.1) is 11.4 Å². The largest absolute Gasteiger partial charge is 0.448 e. The Morgan fingerprint density at radius 3 is 2.13 bits per heavy atom. The molecule has 162 valence electrons. The fourth-order valence-electron chi connectivity index (χ4n) is 3.58. The van der Waals surface area contributed by atoms with E-state index >= 15 is 0 Å². The van der Waals surface area contributed by atoms with Crippen LogP contribution < -0.4 is 5.32 Å². The van der Waals surface area contributed by atoms with Crippen molar-refractivity contribution in [2.75, 3.05) is 5.32 Å². The summed E-state index contributed by atoms with van der Waals surface area (Å²) in [7, 11) is 0. The highest BCUT2D eigenvalue weighted by Gasteiger charge is 2.24. The summed E-state index contributed by atoms with van der Waals surface area (Å²) in [6, 6.07) is 9.87. The molecule has 3 aromatic rings. The number of hydrogen-bond donors (Lipinski definition) is 1. The lowest BCUT2D eigenvalue weighted by Crippen LogP contribution is -2.30. The molecule has 1 heterocycles. The van der Waals surface area contributed by atoms with Crippen LogP contribution in [0.4, 0.5) is 5.69 Å². The van der Waals surface area contributed by atoms with E-state index < -0.39 is 18.0 Å². The molecule has 1 atom stereocenters. The van der Waals surface area contributed by atoms with Crippen molar-refractivity contribution in [2.45, 2.75) is 54.6 Å². The molecule has 0 bridgehead atoms. The first-order valence-corrected chi connectivity index (χ1v) is 10.2. The minimum absolute atomic E-state index is 0.0855. The number of aryl methyl sites for hydroxylation is 6. The van der Waals surface area contributed by atoms with Crippen LogP contribution in [0.15, 0.2) is 30.3 Å². The van der Waals surface area contributed by atoms with Crippen molar-refractivity contribution >= 4 is 17.6 Å². The van der Waals surface area contributed by atoms with Crippen molar-refractivity contribution in [1.29, 1.82) is 0 Å². The van der Waals surface area contributed by atoms with Crippen LogP contribution in [0.3, 0.4) is 0 Å². The molecule has 0 aliphatic heterocycles.